The smallest absolute Gasteiger partial charge is 0.237 e. The topological polar surface area (TPSA) is 73.6 Å². The van der Waals surface area contributed by atoms with E-state index in [4.69, 9.17) is 15.2 Å². The van der Waals surface area contributed by atoms with Crippen LogP contribution < -0.4 is 11.1 Å². The van der Waals surface area contributed by atoms with Gasteiger partial charge in [-0.3, -0.25) is 4.79 Å². The SMILES string of the molecule is CC[C@H](C)[C@H](N)C(=O)NCCCOCC1CCCO1. The van der Waals surface area contributed by atoms with Crippen molar-refractivity contribution in [3.8, 4) is 0 Å². The summed E-state index contributed by atoms with van der Waals surface area (Å²) >= 11 is 0. The van der Waals surface area contributed by atoms with E-state index in [1.54, 1.807) is 0 Å². The molecule has 1 fully saturated rings. The Morgan fingerprint density at radius 1 is 1.58 bits per heavy atom. The zero-order valence-corrected chi connectivity index (χ0v) is 12.2. The average Bonchev–Trinajstić information content (AvgIpc) is 2.93. The number of hydrogen-bond donors (Lipinski definition) is 2. The second kappa shape index (κ2) is 9.28. The minimum absolute atomic E-state index is 0.0616. The van der Waals surface area contributed by atoms with Gasteiger partial charge in [-0.1, -0.05) is 20.3 Å². The van der Waals surface area contributed by atoms with E-state index in [1.807, 2.05) is 13.8 Å². The van der Waals surface area contributed by atoms with Gasteiger partial charge in [0, 0.05) is 19.8 Å². The molecule has 5 nitrogen and oxygen atoms in total. The van der Waals surface area contributed by atoms with Gasteiger partial charge in [0.1, 0.15) is 0 Å². The lowest BCUT2D eigenvalue weighted by Gasteiger charge is -2.17. The molecule has 1 aliphatic heterocycles. The quantitative estimate of drug-likeness (QED) is 0.616. The van der Waals surface area contributed by atoms with Crippen LogP contribution in [0.4, 0.5) is 0 Å². The van der Waals surface area contributed by atoms with Crippen LogP contribution in [0.3, 0.4) is 0 Å². The van der Waals surface area contributed by atoms with Gasteiger partial charge in [-0.2, -0.15) is 0 Å². The summed E-state index contributed by atoms with van der Waals surface area (Å²) in [4.78, 5) is 11.7. The van der Waals surface area contributed by atoms with E-state index >= 15 is 0 Å². The minimum atomic E-state index is -0.405. The Bertz CT molecular complexity index is 255. The molecule has 0 radical (unpaired) electrons. The number of nitrogens with two attached hydrogens (primary N) is 1. The molecule has 1 heterocycles. The zero-order valence-electron chi connectivity index (χ0n) is 12.2. The Morgan fingerprint density at radius 2 is 2.37 bits per heavy atom. The second-order valence-corrected chi connectivity index (χ2v) is 5.27. The molecule has 0 saturated carbocycles. The Kier molecular flexibility index (Phi) is 8.02. The number of hydrogen-bond acceptors (Lipinski definition) is 4. The Hall–Kier alpha value is -0.650. The van der Waals surface area contributed by atoms with Crippen LogP contribution in [0.25, 0.3) is 0 Å². The molecule has 1 unspecified atom stereocenters. The summed E-state index contributed by atoms with van der Waals surface area (Å²) in [6, 6.07) is -0.405. The van der Waals surface area contributed by atoms with Crippen LogP contribution in [0.15, 0.2) is 0 Å². The van der Waals surface area contributed by atoms with Gasteiger partial charge in [-0.15, -0.1) is 0 Å². The van der Waals surface area contributed by atoms with Crippen molar-refractivity contribution in [3.63, 3.8) is 0 Å². The summed E-state index contributed by atoms with van der Waals surface area (Å²) in [5, 5.41) is 2.85. The van der Waals surface area contributed by atoms with Crippen molar-refractivity contribution in [3.05, 3.63) is 0 Å². The van der Waals surface area contributed by atoms with Crippen LogP contribution in [0, 0.1) is 5.92 Å². The molecule has 19 heavy (non-hydrogen) atoms. The summed E-state index contributed by atoms with van der Waals surface area (Å²) in [5.74, 6) is 0.157. The average molecular weight is 272 g/mol. The highest BCUT2D eigenvalue weighted by Gasteiger charge is 2.18. The van der Waals surface area contributed by atoms with Crippen molar-refractivity contribution in [2.75, 3.05) is 26.4 Å². The number of carbonyl (C=O) groups is 1. The molecule has 0 aromatic heterocycles. The fraction of sp³-hybridized carbons (Fsp3) is 0.929. The van der Waals surface area contributed by atoms with Crippen molar-refractivity contribution in [1.82, 2.24) is 5.32 Å². The third-order valence-electron chi connectivity index (χ3n) is 3.65. The van der Waals surface area contributed by atoms with Crippen LogP contribution in [-0.4, -0.2) is 44.4 Å². The number of ether oxygens (including phenoxy) is 2. The Balaban J connectivity index is 1.96. The van der Waals surface area contributed by atoms with Crippen LogP contribution >= 0.6 is 0 Å². The Labute approximate surface area is 116 Å². The first-order valence-electron chi connectivity index (χ1n) is 7.37. The van der Waals surface area contributed by atoms with E-state index in [0.717, 1.165) is 32.3 Å². The highest BCUT2D eigenvalue weighted by molar-refractivity contribution is 5.81. The van der Waals surface area contributed by atoms with Gasteiger partial charge in [0.15, 0.2) is 0 Å². The molecule has 0 spiro atoms. The summed E-state index contributed by atoms with van der Waals surface area (Å²) < 4.78 is 11.0. The maximum Gasteiger partial charge on any atom is 0.237 e. The summed E-state index contributed by atoms with van der Waals surface area (Å²) in [6.45, 7) is 6.83. The molecular weight excluding hydrogens is 244 g/mol. The van der Waals surface area contributed by atoms with Gasteiger partial charge in [0.05, 0.1) is 18.8 Å². The molecule has 3 atom stereocenters. The standard InChI is InChI=1S/C14H28N2O3/c1-3-11(2)13(15)14(17)16-7-5-8-18-10-12-6-4-9-19-12/h11-13H,3-10,15H2,1-2H3,(H,16,17)/t11-,12?,13-/m0/s1. The first kappa shape index (κ1) is 16.4. The highest BCUT2D eigenvalue weighted by Crippen LogP contribution is 2.11. The molecule has 0 aliphatic carbocycles. The van der Waals surface area contributed by atoms with Gasteiger partial charge in [-0.25, -0.2) is 0 Å². The molecule has 1 saturated heterocycles. The van der Waals surface area contributed by atoms with E-state index in [1.165, 1.54) is 0 Å². The first-order chi connectivity index (χ1) is 9.15. The monoisotopic (exact) mass is 272 g/mol. The fourth-order valence-corrected chi connectivity index (χ4v) is 2.01. The van der Waals surface area contributed by atoms with Gasteiger partial charge in [0.25, 0.3) is 0 Å². The first-order valence-corrected chi connectivity index (χ1v) is 7.37. The molecule has 112 valence electrons. The lowest BCUT2D eigenvalue weighted by Crippen LogP contribution is -2.45. The van der Waals surface area contributed by atoms with Gasteiger partial charge >= 0.3 is 0 Å². The van der Waals surface area contributed by atoms with Crippen molar-refractivity contribution < 1.29 is 14.3 Å². The molecule has 0 bridgehead atoms. The molecule has 5 heteroatoms. The largest absolute Gasteiger partial charge is 0.379 e. The number of rotatable bonds is 9. The normalized spacial score (nSPS) is 22.2. The third kappa shape index (κ3) is 6.36. The summed E-state index contributed by atoms with van der Waals surface area (Å²) in [6.07, 6.45) is 4.23. The number of nitrogens with one attached hydrogen (secondary N) is 1. The second-order valence-electron chi connectivity index (χ2n) is 5.27. The fourth-order valence-electron chi connectivity index (χ4n) is 2.01. The molecular formula is C14H28N2O3. The predicted molar refractivity (Wildman–Crippen MR) is 74.9 cm³/mol. The molecule has 1 amide bonds. The van der Waals surface area contributed by atoms with Crippen molar-refractivity contribution in [1.29, 1.82) is 0 Å². The maximum absolute atomic E-state index is 11.7. The van der Waals surface area contributed by atoms with Gasteiger partial charge in [0.2, 0.25) is 5.91 Å². The highest BCUT2D eigenvalue weighted by atomic mass is 16.5. The molecule has 0 aromatic carbocycles. The lowest BCUT2D eigenvalue weighted by molar-refractivity contribution is -0.123. The van der Waals surface area contributed by atoms with Gasteiger partial charge < -0.3 is 20.5 Å². The number of carbonyl (C=O) groups excluding carboxylic acids is 1. The molecule has 0 aromatic rings. The van der Waals surface area contributed by atoms with Crippen molar-refractivity contribution in [2.45, 2.75) is 51.7 Å². The summed E-state index contributed by atoms with van der Waals surface area (Å²) in [7, 11) is 0. The molecule has 1 aliphatic rings. The minimum Gasteiger partial charge on any atom is -0.379 e. The van der Waals surface area contributed by atoms with Crippen LogP contribution in [0.1, 0.15) is 39.5 Å². The van der Waals surface area contributed by atoms with E-state index in [9.17, 15) is 4.79 Å². The summed E-state index contributed by atoms with van der Waals surface area (Å²) in [5.41, 5.74) is 5.84. The van der Waals surface area contributed by atoms with E-state index in [0.29, 0.717) is 19.8 Å². The number of amides is 1. The third-order valence-corrected chi connectivity index (χ3v) is 3.65. The predicted octanol–water partition coefficient (Wildman–Crippen LogP) is 1.06. The van der Waals surface area contributed by atoms with Crippen LogP contribution in [0.5, 0.6) is 0 Å². The van der Waals surface area contributed by atoms with Crippen LogP contribution in [-0.2, 0) is 14.3 Å². The van der Waals surface area contributed by atoms with Gasteiger partial charge in [-0.05, 0) is 25.2 Å². The van der Waals surface area contributed by atoms with E-state index in [2.05, 4.69) is 5.32 Å². The molecule has 3 N–H and O–H groups in total. The zero-order chi connectivity index (χ0) is 14.1. The van der Waals surface area contributed by atoms with Crippen molar-refractivity contribution in [2.24, 2.45) is 11.7 Å². The Morgan fingerprint density at radius 3 is 3.00 bits per heavy atom. The van der Waals surface area contributed by atoms with E-state index in [-0.39, 0.29) is 17.9 Å². The lowest BCUT2D eigenvalue weighted by atomic mass is 9.99. The molecule has 1 rings (SSSR count). The van der Waals surface area contributed by atoms with E-state index < -0.39 is 6.04 Å². The van der Waals surface area contributed by atoms with Crippen molar-refractivity contribution >= 4 is 5.91 Å². The maximum atomic E-state index is 11.7. The van der Waals surface area contributed by atoms with Crippen LogP contribution in [0.2, 0.25) is 0 Å².